The highest BCUT2D eigenvalue weighted by Gasteiger charge is 2.21. The van der Waals surface area contributed by atoms with Crippen LogP contribution in [0.1, 0.15) is 18.9 Å². The second-order valence-corrected chi connectivity index (χ2v) is 5.63. The maximum atomic E-state index is 6.15. The van der Waals surface area contributed by atoms with Gasteiger partial charge in [-0.2, -0.15) is 19.6 Å². The fourth-order valence-electron chi connectivity index (χ4n) is 2.71. The summed E-state index contributed by atoms with van der Waals surface area (Å²) in [7, 11) is 0. The summed E-state index contributed by atoms with van der Waals surface area (Å²) in [5.41, 5.74) is 0.912. The molecule has 108 valence electrons. The number of nitrogens with zero attached hydrogens (tertiary/aromatic N) is 5. The average molecular weight is 295 g/mol. The Bertz CT molecular complexity index is 610. The van der Waals surface area contributed by atoms with Crippen molar-refractivity contribution in [3.63, 3.8) is 0 Å². The van der Waals surface area contributed by atoms with E-state index in [1.165, 1.54) is 19.3 Å². The van der Waals surface area contributed by atoms with Crippen LogP contribution in [-0.2, 0) is 0 Å². The molecule has 1 aliphatic rings. The zero-order chi connectivity index (χ0) is 14.1. The van der Waals surface area contributed by atoms with E-state index in [0.29, 0.717) is 16.8 Å². The third kappa shape index (κ3) is 2.45. The number of fused-ring (bicyclic) bond motifs is 1. The maximum absolute atomic E-state index is 6.15. The van der Waals surface area contributed by atoms with Gasteiger partial charge in [-0.05, 0) is 32.4 Å². The molecule has 1 atom stereocenters. The normalized spacial score (nSPS) is 19.9. The first-order chi connectivity index (χ1) is 9.69. The fraction of sp³-hybridized carbons (Fsp3) is 0.615. The van der Waals surface area contributed by atoms with Gasteiger partial charge in [-0.15, -0.1) is 0 Å². The Morgan fingerprint density at radius 3 is 3.10 bits per heavy atom. The summed E-state index contributed by atoms with van der Waals surface area (Å²) in [6.07, 6.45) is 2.73. The zero-order valence-corrected chi connectivity index (χ0v) is 12.6. The van der Waals surface area contributed by atoms with Crippen molar-refractivity contribution in [2.75, 3.05) is 31.5 Å². The monoisotopic (exact) mass is 294 g/mol. The molecular weight excluding hydrogens is 276 g/mol. The van der Waals surface area contributed by atoms with Crippen molar-refractivity contribution in [1.82, 2.24) is 24.5 Å². The highest BCUT2D eigenvalue weighted by Crippen LogP contribution is 2.23. The van der Waals surface area contributed by atoms with Crippen molar-refractivity contribution in [3.8, 4) is 0 Å². The van der Waals surface area contributed by atoms with Crippen LogP contribution in [0.4, 0.5) is 5.82 Å². The van der Waals surface area contributed by atoms with Crippen LogP contribution in [0.3, 0.4) is 0 Å². The van der Waals surface area contributed by atoms with Gasteiger partial charge in [0.2, 0.25) is 0 Å². The molecule has 2 aromatic rings. The first-order valence-corrected chi connectivity index (χ1v) is 7.39. The van der Waals surface area contributed by atoms with E-state index in [0.717, 1.165) is 31.0 Å². The zero-order valence-electron chi connectivity index (χ0n) is 11.8. The summed E-state index contributed by atoms with van der Waals surface area (Å²) in [5, 5.41) is 8.17. The smallest absolute Gasteiger partial charge is 0.255 e. The molecule has 1 fully saturated rings. The second-order valence-electron chi connectivity index (χ2n) is 5.28. The lowest BCUT2D eigenvalue weighted by Gasteiger charge is -2.16. The van der Waals surface area contributed by atoms with Gasteiger partial charge >= 0.3 is 0 Å². The molecule has 1 N–H and O–H groups in total. The van der Waals surface area contributed by atoms with E-state index in [-0.39, 0.29) is 0 Å². The van der Waals surface area contributed by atoms with Crippen LogP contribution in [-0.4, -0.2) is 50.7 Å². The van der Waals surface area contributed by atoms with E-state index in [2.05, 4.69) is 32.2 Å². The van der Waals surface area contributed by atoms with Gasteiger partial charge in [0.15, 0.2) is 0 Å². The van der Waals surface area contributed by atoms with E-state index >= 15 is 0 Å². The van der Waals surface area contributed by atoms with Crippen LogP contribution in [0.5, 0.6) is 0 Å². The lowest BCUT2D eigenvalue weighted by molar-refractivity contribution is 0.345. The van der Waals surface area contributed by atoms with Crippen LogP contribution in [0.2, 0.25) is 5.15 Å². The van der Waals surface area contributed by atoms with Gasteiger partial charge in [-0.25, -0.2) is 0 Å². The van der Waals surface area contributed by atoms with Crippen molar-refractivity contribution in [1.29, 1.82) is 0 Å². The van der Waals surface area contributed by atoms with Gasteiger partial charge < -0.3 is 10.2 Å². The van der Waals surface area contributed by atoms with Gasteiger partial charge in [0.1, 0.15) is 17.3 Å². The molecule has 7 heteroatoms. The molecule has 20 heavy (non-hydrogen) atoms. The molecule has 0 saturated carbocycles. The van der Waals surface area contributed by atoms with Crippen molar-refractivity contribution in [3.05, 3.63) is 17.0 Å². The van der Waals surface area contributed by atoms with Gasteiger partial charge in [-0.3, -0.25) is 0 Å². The minimum Gasteiger partial charge on any atom is -0.369 e. The van der Waals surface area contributed by atoms with Crippen LogP contribution in [0.25, 0.3) is 5.78 Å². The van der Waals surface area contributed by atoms with Crippen LogP contribution >= 0.6 is 11.6 Å². The van der Waals surface area contributed by atoms with Gasteiger partial charge in [0.05, 0.1) is 0 Å². The maximum Gasteiger partial charge on any atom is 0.255 e. The molecular formula is C13H19ClN6. The van der Waals surface area contributed by atoms with Crippen LogP contribution in [0.15, 0.2) is 6.33 Å². The fourth-order valence-corrected chi connectivity index (χ4v) is 2.88. The third-order valence-corrected chi connectivity index (χ3v) is 4.35. The van der Waals surface area contributed by atoms with E-state index in [4.69, 9.17) is 11.6 Å². The molecule has 6 nitrogen and oxygen atoms in total. The summed E-state index contributed by atoms with van der Waals surface area (Å²) in [6, 6.07) is 0. The number of anilines is 1. The minimum atomic E-state index is 0.481. The van der Waals surface area contributed by atoms with Crippen LogP contribution < -0.4 is 5.32 Å². The third-order valence-electron chi connectivity index (χ3n) is 3.98. The Balaban J connectivity index is 1.77. The molecule has 2 aromatic heterocycles. The lowest BCUT2D eigenvalue weighted by atomic mass is 10.1. The van der Waals surface area contributed by atoms with E-state index in [1.807, 2.05) is 6.92 Å². The predicted molar refractivity (Wildman–Crippen MR) is 79.2 cm³/mol. The number of hydrogen-bond acceptors (Lipinski definition) is 5. The standard InChI is InChI=1S/C13H19ClN6/c1-3-19-5-4-10(7-19)6-15-12-9(2)11(14)18-13-16-8-17-20(12)13/h8,10,15H,3-7H2,1-2H3. The molecule has 3 rings (SSSR count). The van der Waals surface area contributed by atoms with E-state index < -0.39 is 0 Å². The number of hydrogen-bond donors (Lipinski definition) is 1. The molecule has 1 aliphatic heterocycles. The first-order valence-electron chi connectivity index (χ1n) is 7.01. The molecule has 1 unspecified atom stereocenters. The highest BCUT2D eigenvalue weighted by molar-refractivity contribution is 6.30. The molecule has 0 radical (unpaired) electrons. The Morgan fingerprint density at radius 1 is 1.50 bits per heavy atom. The van der Waals surface area contributed by atoms with Gasteiger partial charge in [0, 0.05) is 18.7 Å². The van der Waals surface area contributed by atoms with Gasteiger partial charge in [0.25, 0.3) is 5.78 Å². The number of halogens is 1. The Labute approximate surface area is 123 Å². The molecule has 3 heterocycles. The highest BCUT2D eigenvalue weighted by atomic mass is 35.5. The van der Waals surface area contributed by atoms with Crippen molar-refractivity contribution < 1.29 is 0 Å². The molecule has 0 aliphatic carbocycles. The van der Waals surface area contributed by atoms with E-state index in [9.17, 15) is 0 Å². The van der Waals surface area contributed by atoms with Crippen molar-refractivity contribution in [2.24, 2.45) is 5.92 Å². The summed E-state index contributed by atoms with van der Waals surface area (Å²) < 4.78 is 1.72. The number of aromatic nitrogens is 4. The van der Waals surface area contributed by atoms with Crippen molar-refractivity contribution >= 4 is 23.2 Å². The number of nitrogens with one attached hydrogen (secondary N) is 1. The topological polar surface area (TPSA) is 58.3 Å². The SMILES string of the molecule is CCN1CCC(CNc2c(C)c(Cl)nc3ncnn23)C1. The van der Waals surface area contributed by atoms with E-state index in [1.54, 1.807) is 4.52 Å². The summed E-state index contributed by atoms with van der Waals surface area (Å²) in [6.45, 7) is 8.56. The van der Waals surface area contributed by atoms with Crippen molar-refractivity contribution in [2.45, 2.75) is 20.3 Å². The minimum absolute atomic E-state index is 0.481. The first kappa shape index (κ1) is 13.6. The molecule has 1 saturated heterocycles. The molecule has 0 amide bonds. The van der Waals surface area contributed by atoms with Crippen LogP contribution in [0, 0.1) is 12.8 Å². The van der Waals surface area contributed by atoms with Gasteiger partial charge in [-0.1, -0.05) is 18.5 Å². The largest absolute Gasteiger partial charge is 0.369 e. The molecule has 0 spiro atoms. The summed E-state index contributed by atoms with van der Waals surface area (Å²) in [4.78, 5) is 10.8. The summed E-state index contributed by atoms with van der Waals surface area (Å²) >= 11 is 6.15. The quantitative estimate of drug-likeness (QED) is 0.872. The molecule has 0 bridgehead atoms. The predicted octanol–water partition coefficient (Wildman–Crippen LogP) is 1.84. The number of likely N-dealkylation sites (tertiary alicyclic amines) is 1. The second kappa shape index (κ2) is 5.54. The Hall–Kier alpha value is -1.40. The Morgan fingerprint density at radius 2 is 2.35 bits per heavy atom. The average Bonchev–Trinajstić information content (AvgIpc) is 3.07. The molecule has 0 aromatic carbocycles. The number of rotatable bonds is 4. The lowest BCUT2D eigenvalue weighted by Crippen LogP contribution is -2.23. The Kier molecular flexibility index (Phi) is 3.76. The summed E-state index contributed by atoms with van der Waals surface area (Å²) in [5.74, 6) is 2.09.